The smallest absolute Gasteiger partial charge is 0.123 e. The molecule has 1 fully saturated rings. The summed E-state index contributed by atoms with van der Waals surface area (Å²) in [4.78, 5) is 4.88. The normalized spacial score (nSPS) is 17.6. The number of hydrogen-bond acceptors (Lipinski definition) is 3. The second-order valence-electron chi connectivity index (χ2n) is 5.41. The van der Waals surface area contributed by atoms with E-state index in [4.69, 9.17) is 0 Å². The van der Waals surface area contributed by atoms with E-state index in [0.717, 1.165) is 29.5 Å². The molecule has 112 valence electrons. The van der Waals surface area contributed by atoms with E-state index in [2.05, 4.69) is 38.1 Å². The summed E-state index contributed by atoms with van der Waals surface area (Å²) in [5.41, 5.74) is 0.976. The fraction of sp³-hybridized carbons (Fsp3) is 0.600. The van der Waals surface area contributed by atoms with Crippen LogP contribution in [0.15, 0.2) is 22.7 Å². The second-order valence-corrected chi connectivity index (χ2v) is 6.27. The molecule has 1 heterocycles. The van der Waals surface area contributed by atoms with E-state index in [1.165, 1.54) is 32.2 Å². The lowest BCUT2D eigenvalue weighted by Gasteiger charge is -2.32. The highest BCUT2D eigenvalue weighted by Gasteiger charge is 2.12. The Balaban J connectivity index is 1.61. The summed E-state index contributed by atoms with van der Waals surface area (Å²) in [6.45, 7) is 7.51. The largest absolute Gasteiger partial charge is 0.313 e. The molecule has 0 unspecified atom stereocenters. The minimum absolute atomic E-state index is 0.178. The Kier molecular flexibility index (Phi) is 6.42. The Morgan fingerprint density at radius 2 is 2.00 bits per heavy atom. The van der Waals surface area contributed by atoms with Crippen molar-refractivity contribution in [1.29, 1.82) is 0 Å². The summed E-state index contributed by atoms with van der Waals surface area (Å²) in [5, 5.41) is 3.38. The maximum atomic E-state index is 13.1. The van der Waals surface area contributed by atoms with Crippen molar-refractivity contribution >= 4 is 15.9 Å². The Bertz CT molecular complexity index is 420. The van der Waals surface area contributed by atoms with E-state index >= 15 is 0 Å². The van der Waals surface area contributed by atoms with Crippen molar-refractivity contribution in [3.05, 3.63) is 34.1 Å². The molecular weight excluding hydrogens is 321 g/mol. The number of halogens is 2. The zero-order valence-electron chi connectivity index (χ0n) is 12.0. The van der Waals surface area contributed by atoms with Gasteiger partial charge in [0.1, 0.15) is 5.82 Å². The quantitative estimate of drug-likeness (QED) is 0.799. The third-order valence-corrected chi connectivity index (χ3v) is 4.52. The predicted octanol–water partition coefficient (Wildman–Crippen LogP) is 2.32. The lowest BCUT2D eigenvalue weighted by molar-refractivity contribution is 0.152. The molecule has 1 aromatic rings. The first-order valence-corrected chi connectivity index (χ1v) is 8.00. The van der Waals surface area contributed by atoms with Gasteiger partial charge in [-0.1, -0.05) is 15.9 Å². The minimum Gasteiger partial charge on any atom is -0.313 e. The van der Waals surface area contributed by atoms with Crippen molar-refractivity contribution < 1.29 is 4.39 Å². The van der Waals surface area contributed by atoms with Gasteiger partial charge in [-0.15, -0.1) is 0 Å². The molecule has 20 heavy (non-hydrogen) atoms. The van der Waals surface area contributed by atoms with Crippen LogP contribution in [-0.4, -0.2) is 56.1 Å². The molecule has 0 aliphatic carbocycles. The van der Waals surface area contributed by atoms with Gasteiger partial charge in [-0.2, -0.15) is 0 Å². The molecule has 0 aromatic heterocycles. The summed E-state index contributed by atoms with van der Waals surface area (Å²) in [6, 6.07) is 4.81. The van der Waals surface area contributed by atoms with Crippen LogP contribution >= 0.6 is 15.9 Å². The maximum Gasteiger partial charge on any atom is 0.123 e. The third-order valence-electron chi connectivity index (χ3n) is 3.75. The van der Waals surface area contributed by atoms with Crippen LogP contribution in [0.25, 0.3) is 0 Å². The predicted molar refractivity (Wildman–Crippen MR) is 84.4 cm³/mol. The average molecular weight is 344 g/mol. The molecule has 1 aromatic carbocycles. The molecule has 1 saturated heterocycles. The first kappa shape index (κ1) is 15.9. The van der Waals surface area contributed by atoms with Gasteiger partial charge in [0.2, 0.25) is 0 Å². The van der Waals surface area contributed by atoms with Crippen molar-refractivity contribution in [3.8, 4) is 0 Å². The van der Waals surface area contributed by atoms with Crippen molar-refractivity contribution in [1.82, 2.24) is 15.1 Å². The Morgan fingerprint density at radius 1 is 1.25 bits per heavy atom. The molecular formula is C15H23BrFN3. The first-order valence-electron chi connectivity index (χ1n) is 7.21. The monoisotopic (exact) mass is 343 g/mol. The zero-order chi connectivity index (χ0) is 14.4. The van der Waals surface area contributed by atoms with Gasteiger partial charge in [0.15, 0.2) is 0 Å². The van der Waals surface area contributed by atoms with E-state index in [-0.39, 0.29) is 5.82 Å². The second kappa shape index (κ2) is 8.08. The maximum absolute atomic E-state index is 13.1. The molecule has 0 atom stereocenters. The lowest BCUT2D eigenvalue weighted by atomic mass is 10.2. The Morgan fingerprint density at radius 3 is 2.75 bits per heavy atom. The first-order chi connectivity index (χ1) is 9.65. The van der Waals surface area contributed by atoms with Crippen LogP contribution in [0.5, 0.6) is 0 Å². The zero-order valence-corrected chi connectivity index (χ0v) is 13.6. The molecule has 2 rings (SSSR count). The molecule has 0 radical (unpaired) electrons. The number of benzene rings is 1. The van der Waals surface area contributed by atoms with Crippen LogP contribution in [0.1, 0.15) is 12.0 Å². The Hall–Kier alpha value is -0.490. The van der Waals surface area contributed by atoms with Gasteiger partial charge in [0, 0.05) is 37.2 Å². The molecule has 5 heteroatoms. The van der Waals surface area contributed by atoms with Crippen LogP contribution in [0.3, 0.4) is 0 Å². The van der Waals surface area contributed by atoms with Gasteiger partial charge in [0.05, 0.1) is 0 Å². The number of piperazine rings is 1. The van der Waals surface area contributed by atoms with Gasteiger partial charge in [0.25, 0.3) is 0 Å². The standard InChI is InChI=1S/C15H23BrFN3/c1-19-7-9-20(10-8-19)6-2-5-18-12-13-11-14(17)3-4-15(13)16/h3-4,11,18H,2,5-10,12H2,1H3. The number of hydrogen-bond donors (Lipinski definition) is 1. The van der Waals surface area contributed by atoms with Crippen LogP contribution < -0.4 is 5.32 Å². The van der Waals surface area contributed by atoms with E-state index in [0.29, 0.717) is 6.54 Å². The summed E-state index contributed by atoms with van der Waals surface area (Å²) < 4.78 is 14.1. The van der Waals surface area contributed by atoms with Crippen molar-refractivity contribution in [2.75, 3.05) is 46.3 Å². The van der Waals surface area contributed by atoms with Crippen LogP contribution in [0.4, 0.5) is 4.39 Å². The van der Waals surface area contributed by atoms with Gasteiger partial charge in [-0.05, 0) is 50.3 Å². The van der Waals surface area contributed by atoms with Gasteiger partial charge in [-0.25, -0.2) is 4.39 Å². The molecule has 0 amide bonds. The minimum atomic E-state index is -0.178. The highest BCUT2D eigenvalue weighted by molar-refractivity contribution is 9.10. The molecule has 3 nitrogen and oxygen atoms in total. The molecule has 1 aliphatic heterocycles. The highest BCUT2D eigenvalue weighted by Crippen LogP contribution is 2.17. The topological polar surface area (TPSA) is 18.5 Å². The molecule has 1 N–H and O–H groups in total. The summed E-state index contributed by atoms with van der Waals surface area (Å²) in [6.07, 6.45) is 1.14. The number of nitrogens with one attached hydrogen (secondary N) is 1. The Labute approximate surface area is 129 Å². The van der Waals surface area contributed by atoms with E-state index in [9.17, 15) is 4.39 Å². The van der Waals surface area contributed by atoms with Crippen molar-refractivity contribution in [3.63, 3.8) is 0 Å². The molecule has 0 saturated carbocycles. The summed E-state index contributed by atoms with van der Waals surface area (Å²) >= 11 is 3.45. The molecule has 0 bridgehead atoms. The van der Waals surface area contributed by atoms with Crippen LogP contribution in [0.2, 0.25) is 0 Å². The number of nitrogens with zero attached hydrogens (tertiary/aromatic N) is 2. The van der Waals surface area contributed by atoms with Crippen LogP contribution in [-0.2, 0) is 6.54 Å². The van der Waals surface area contributed by atoms with Crippen LogP contribution in [0, 0.1) is 5.82 Å². The summed E-state index contributed by atoms with van der Waals surface area (Å²) in [5.74, 6) is -0.178. The lowest BCUT2D eigenvalue weighted by Crippen LogP contribution is -2.45. The summed E-state index contributed by atoms with van der Waals surface area (Å²) in [7, 11) is 2.18. The average Bonchev–Trinajstić information content (AvgIpc) is 2.44. The van der Waals surface area contributed by atoms with E-state index in [1.807, 2.05) is 0 Å². The van der Waals surface area contributed by atoms with Gasteiger partial charge in [-0.3, -0.25) is 0 Å². The fourth-order valence-electron chi connectivity index (χ4n) is 2.40. The van der Waals surface area contributed by atoms with Crippen molar-refractivity contribution in [2.24, 2.45) is 0 Å². The third kappa shape index (κ3) is 5.13. The van der Waals surface area contributed by atoms with Gasteiger partial charge < -0.3 is 15.1 Å². The molecule has 1 aliphatic rings. The number of rotatable bonds is 6. The van der Waals surface area contributed by atoms with Crippen molar-refractivity contribution in [2.45, 2.75) is 13.0 Å². The number of likely N-dealkylation sites (N-methyl/N-ethyl adjacent to an activating group) is 1. The molecule has 0 spiro atoms. The van der Waals surface area contributed by atoms with E-state index in [1.54, 1.807) is 12.1 Å². The fourth-order valence-corrected chi connectivity index (χ4v) is 2.79. The highest BCUT2D eigenvalue weighted by atomic mass is 79.9. The van der Waals surface area contributed by atoms with Gasteiger partial charge >= 0.3 is 0 Å². The van der Waals surface area contributed by atoms with E-state index < -0.39 is 0 Å². The SMILES string of the molecule is CN1CCN(CCCNCc2cc(F)ccc2Br)CC1.